The summed E-state index contributed by atoms with van der Waals surface area (Å²) in [5.41, 5.74) is 1.51. The zero-order valence-corrected chi connectivity index (χ0v) is 13.4. The van der Waals surface area contributed by atoms with E-state index in [2.05, 4.69) is 40.8 Å². The molecule has 0 spiro atoms. The normalized spacial score (nSPS) is 29.8. The van der Waals surface area contributed by atoms with Crippen molar-refractivity contribution in [1.82, 2.24) is 15.1 Å². The smallest absolute Gasteiger partial charge is 0.147 e. The third kappa shape index (κ3) is 1.87. The van der Waals surface area contributed by atoms with E-state index in [9.17, 15) is 0 Å². The summed E-state index contributed by atoms with van der Waals surface area (Å²) in [4.78, 5) is 11.1. The Balaban J connectivity index is 1.70. The van der Waals surface area contributed by atoms with Gasteiger partial charge in [0, 0.05) is 36.5 Å². The zero-order valence-electron chi connectivity index (χ0n) is 13.4. The summed E-state index contributed by atoms with van der Waals surface area (Å²) in [6.45, 7) is 9.03. The minimum atomic E-state index is 0.0350. The molecule has 0 aromatic carbocycles. The number of piperidine rings is 1. The van der Waals surface area contributed by atoms with Crippen LogP contribution < -0.4 is 4.90 Å². The lowest BCUT2D eigenvalue weighted by Crippen LogP contribution is -2.56. The fraction of sp³-hybridized carbons (Fsp3) is 0.588. The van der Waals surface area contributed by atoms with Gasteiger partial charge in [-0.05, 0) is 24.2 Å². The van der Waals surface area contributed by atoms with Gasteiger partial charge < -0.3 is 9.42 Å². The van der Waals surface area contributed by atoms with Crippen molar-refractivity contribution in [3.05, 3.63) is 36.1 Å². The van der Waals surface area contributed by atoms with Crippen LogP contribution >= 0.6 is 0 Å². The van der Waals surface area contributed by atoms with Crippen molar-refractivity contribution in [3.63, 3.8) is 0 Å². The molecule has 0 N–H and O–H groups in total. The zero-order chi connectivity index (χ0) is 15.4. The first-order chi connectivity index (χ1) is 10.5. The molecule has 3 heterocycles. The summed E-state index contributed by atoms with van der Waals surface area (Å²) in [6.07, 6.45) is 9.43. The Morgan fingerprint density at radius 2 is 2.09 bits per heavy atom. The van der Waals surface area contributed by atoms with Crippen molar-refractivity contribution in [2.75, 3.05) is 18.0 Å². The van der Waals surface area contributed by atoms with Crippen LogP contribution in [-0.4, -0.2) is 28.2 Å². The van der Waals surface area contributed by atoms with Crippen molar-refractivity contribution in [2.24, 2.45) is 11.3 Å². The molecule has 0 amide bonds. The molecule has 2 atom stereocenters. The quantitative estimate of drug-likeness (QED) is 0.810. The highest BCUT2D eigenvalue weighted by atomic mass is 16.5. The maximum Gasteiger partial charge on any atom is 0.147 e. The van der Waals surface area contributed by atoms with Crippen LogP contribution in [0.2, 0.25) is 0 Å². The van der Waals surface area contributed by atoms with Gasteiger partial charge in [0.2, 0.25) is 0 Å². The van der Waals surface area contributed by atoms with Gasteiger partial charge in [0.25, 0.3) is 0 Å². The summed E-state index contributed by atoms with van der Waals surface area (Å²) in [6, 6.07) is 0. The molecule has 0 saturated carbocycles. The number of aromatic nitrogens is 3. The Morgan fingerprint density at radius 3 is 2.86 bits per heavy atom. The Kier molecular flexibility index (Phi) is 2.83. The van der Waals surface area contributed by atoms with Gasteiger partial charge in [-0.25, -0.2) is 4.98 Å². The van der Waals surface area contributed by atoms with Gasteiger partial charge >= 0.3 is 0 Å². The van der Waals surface area contributed by atoms with Crippen LogP contribution in [0.15, 0.2) is 29.3 Å². The van der Waals surface area contributed by atoms with Crippen molar-refractivity contribution in [3.8, 4) is 0 Å². The van der Waals surface area contributed by atoms with E-state index in [1.807, 2.05) is 12.4 Å². The van der Waals surface area contributed by atoms with Crippen molar-refractivity contribution in [1.29, 1.82) is 0 Å². The molecule has 4 rings (SSSR count). The second kappa shape index (κ2) is 4.54. The topological polar surface area (TPSA) is 55.1 Å². The van der Waals surface area contributed by atoms with E-state index < -0.39 is 0 Å². The Labute approximate surface area is 130 Å². The lowest BCUT2D eigenvalue weighted by atomic mass is 9.54. The largest absolute Gasteiger partial charge is 0.361 e. The molecule has 2 aliphatic rings. The van der Waals surface area contributed by atoms with E-state index in [1.54, 1.807) is 12.4 Å². The standard InChI is InChI=1S/C17H22N4O/c1-16(2)13-4-7-21(14-10-18-5-6-19-14)11-17(13,3)8-12-9-20-22-15(12)16/h5-6,9-10,13H,4,7-8,11H2,1-3H3/t13?,17-/m0/s1. The molecule has 2 aromatic rings. The molecular formula is C17H22N4O. The Hall–Kier alpha value is -1.91. The fourth-order valence-corrected chi connectivity index (χ4v) is 4.83. The van der Waals surface area contributed by atoms with Crippen LogP contribution in [0.1, 0.15) is 38.5 Å². The molecule has 116 valence electrons. The van der Waals surface area contributed by atoms with E-state index in [-0.39, 0.29) is 10.8 Å². The number of hydrogen-bond donors (Lipinski definition) is 0. The molecule has 1 aliphatic carbocycles. The van der Waals surface area contributed by atoms with E-state index in [0.717, 1.165) is 37.5 Å². The second-order valence-electron chi connectivity index (χ2n) is 7.56. The lowest BCUT2D eigenvalue weighted by molar-refractivity contribution is 0.0512. The van der Waals surface area contributed by atoms with Crippen LogP contribution in [0.25, 0.3) is 0 Å². The van der Waals surface area contributed by atoms with E-state index in [4.69, 9.17) is 4.52 Å². The Bertz CT molecular complexity index is 681. The van der Waals surface area contributed by atoms with Gasteiger partial charge in [0.05, 0.1) is 12.4 Å². The van der Waals surface area contributed by atoms with Gasteiger partial charge in [-0.3, -0.25) is 4.98 Å². The second-order valence-corrected chi connectivity index (χ2v) is 7.56. The summed E-state index contributed by atoms with van der Waals surface area (Å²) in [5.74, 6) is 2.66. The highest BCUT2D eigenvalue weighted by Gasteiger charge is 2.53. The predicted molar refractivity (Wildman–Crippen MR) is 83.7 cm³/mol. The summed E-state index contributed by atoms with van der Waals surface area (Å²) >= 11 is 0. The molecule has 5 nitrogen and oxygen atoms in total. The minimum absolute atomic E-state index is 0.0350. The number of rotatable bonds is 1. The first kappa shape index (κ1) is 13.7. The fourth-order valence-electron chi connectivity index (χ4n) is 4.83. The van der Waals surface area contributed by atoms with E-state index in [1.165, 1.54) is 5.56 Å². The first-order valence-corrected chi connectivity index (χ1v) is 7.96. The van der Waals surface area contributed by atoms with Crippen LogP contribution in [0.4, 0.5) is 5.82 Å². The minimum Gasteiger partial charge on any atom is -0.361 e. The van der Waals surface area contributed by atoms with Crippen LogP contribution in [0.3, 0.4) is 0 Å². The van der Waals surface area contributed by atoms with Gasteiger partial charge in [0.15, 0.2) is 0 Å². The molecule has 22 heavy (non-hydrogen) atoms. The highest BCUT2D eigenvalue weighted by molar-refractivity contribution is 5.39. The number of fused-ring (bicyclic) bond motifs is 2. The molecule has 0 bridgehead atoms. The molecule has 5 heteroatoms. The van der Waals surface area contributed by atoms with Crippen LogP contribution in [0.5, 0.6) is 0 Å². The van der Waals surface area contributed by atoms with Crippen LogP contribution in [-0.2, 0) is 11.8 Å². The van der Waals surface area contributed by atoms with Gasteiger partial charge in [0.1, 0.15) is 11.6 Å². The molecule has 1 unspecified atom stereocenters. The highest BCUT2D eigenvalue weighted by Crippen LogP contribution is 2.54. The summed E-state index contributed by atoms with van der Waals surface area (Å²) in [5, 5.41) is 4.05. The number of nitrogens with zero attached hydrogens (tertiary/aromatic N) is 4. The molecule has 2 aromatic heterocycles. The molecule has 0 radical (unpaired) electrons. The van der Waals surface area contributed by atoms with E-state index >= 15 is 0 Å². The third-order valence-corrected chi connectivity index (χ3v) is 5.65. The third-order valence-electron chi connectivity index (χ3n) is 5.65. The average molecular weight is 298 g/mol. The monoisotopic (exact) mass is 298 g/mol. The lowest BCUT2D eigenvalue weighted by Gasteiger charge is -2.54. The molecule has 1 fully saturated rings. The molecule has 1 aliphatic heterocycles. The van der Waals surface area contributed by atoms with Crippen molar-refractivity contribution in [2.45, 2.75) is 39.0 Å². The Morgan fingerprint density at radius 1 is 1.23 bits per heavy atom. The maximum atomic E-state index is 5.59. The maximum absolute atomic E-state index is 5.59. The van der Waals surface area contributed by atoms with Crippen molar-refractivity contribution >= 4 is 5.82 Å². The molecule has 1 saturated heterocycles. The average Bonchev–Trinajstić information content (AvgIpc) is 2.96. The van der Waals surface area contributed by atoms with Gasteiger partial charge in [-0.2, -0.15) is 0 Å². The number of anilines is 1. The van der Waals surface area contributed by atoms with Crippen molar-refractivity contribution < 1.29 is 4.52 Å². The number of hydrogen-bond acceptors (Lipinski definition) is 5. The van der Waals surface area contributed by atoms with E-state index in [0.29, 0.717) is 5.92 Å². The first-order valence-electron chi connectivity index (χ1n) is 7.96. The summed E-state index contributed by atoms with van der Waals surface area (Å²) in [7, 11) is 0. The predicted octanol–water partition coefficient (Wildman–Crippen LogP) is 2.83. The SMILES string of the molecule is CC1(C)c2oncc2C[C@@]2(C)CN(c3cnccn3)CCC12. The summed E-state index contributed by atoms with van der Waals surface area (Å²) < 4.78 is 5.59. The van der Waals surface area contributed by atoms with Gasteiger partial charge in [-0.15, -0.1) is 0 Å². The molecular weight excluding hydrogens is 276 g/mol. The van der Waals surface area contributed by atoms with Gasteiger partial charge in [-0.1, -0.05) is 25.9 Å². The van der Waals surface area contributed by atoms with Crippen LogP contribution in [0, 0.1) is 11.3 Å².